The van der Waals surface area contributed by atoms with Crippen molar-refractivity contribution in [1.29, 1.82) is 0 Å². The van der Waals surface area contributed by atoms with Crippen LogP contribution in [0.15, 0.2) is 29.5 Å². The molecule has 0 atom stereocenters. The molecule has 4 bridgehead atoms. The molecule has 0 saturated heterocycles. The zero-order chi connectivity index (χ0) is 15.0. The summed E-state index contributed by atoms with van der Waals surface area (Å²) in [5, 5.41) is 8.44. The van der Waals surface area contributed by atoms with Crippen molar-refractivity contribution in [3.05, 3.63) is 30.1 Å². The molecule has 0 aromatic carbocycles. The fraction of sp³-hybridized carbons (Fsp3) is 0.588. The van der Waals surface area contributed by atoms with E-state index < -0.39 is 0 Å². The van der Waals surface area contributed by atoms with Gasteiger partial charge in [-0.2, -0.15) is 5.10 Å². The zero-order valence-corrected chi connectivity index (χ0v) is 13.5. The number of rotatable bonds is 3. The third-order valence-electron chi connectivity index (χ3n) is 5.47. The van der Waals surface area contributed by atoms with E-state index in [1.807, 2.05) is 18.2 Å². The third kappa shape index (κ3) is 2.86. The first-order chi connectivity index (χ1) is 10.7. The lowest BCUT2D eigenvalue weighted by atomic mass is 9.53. The van der Waals surface area contributed by atoms with Gasteiger partial charge in [0.2, 0.25) is 0 Å². The number of nitrogens with one attached hydrogen (secondary N) is 2. The van der Waals surface area contributed by atoms with Crippen LogP contribution in [0, 0.1) is 17.8 Å². The maximum Gasteiger partial charge on any atom is 0.187 e. The van der Waals surface area contributed by atoms with Crippen molar-refractivity contribution in [3.63, 3.8) is 0 Å². The largest absolute Gasteiger partial charge is 0.356 e. The van der Waals surface area contributed by atoms with Crippen molar-refractivity contribution in [2.24, 2.45) is 22.9 Å². The molecule has 1 heterocycles. The maximum absolute atomic E-state index is 5.45. The first-order valence-electron chi connectivity index (χ1n) is 8.23. The van der Waals surface area contributed by atoms with Crippen molar-refractivity contribution < 1.29 is 0 Å². The van der Waals surface area contributed by atoms with Gasteiger partial charge in [-0.1, -0.05) is 6.07 Å². The minimum absolute atomic E-state index is 0.235. The van der Waals surface area contributed by atoms with Gasteiger partial charge < -0.3 is 5.32 Å². The highest BCUT2D eigenvalue weighted by molar-refractivity contribution is 7.80. The van der Waals surface area contributed by atoms with Crippen LogP contribution in [0.25, 0.3) is 0 Å². The molecule has 4 saturated carbocycles. The Morgan fingerprint density at radius 2 is 1.86 bits per heavy atom. The summed E-state index contributed by atoms with van der Waals surface area (Å²) in [4.78, 5) is 4.20. The number of thiocarbonyl (C=S) groups is 1. The topological polar surface area (TPSA) is 49.3 Å². The summed E-state index contributed by atoms with van der Waals surface area (Å²) in [5.74, 6) is 2.75. The fourth-order valence-electron chi connectivity index (χ4n) is 5.14. The Morgan fingerprint density at radius 1 is 1.18 bits per heavy atom. The predicted octanol–water partition coefficient (Wildman–Crippen LogP) is 2.85. The van der Waals surface area contributed by atoms with E-state index in [0.29, 0.717) is 5.11 Å². The van der Waals surface area contributed by atoms with Crippen molar-refractivity contribution >= 4 is 23.5 Å². The van der Waals surface area contributed by atoms with Gasteiger partial charge >= 0.3 is 0 Å². The molecule has 1 aromatic heterocycles. The lowest BCUT2D eigenvalue weighted by molar-refractivity contribution is -0.0101. The van der Waals surface area contributed by atoms with Gasteiger partial charge in [0, 0.05) is 11.7 Å². The van der Waals surface area contributed by atoms with Gasteiger partial charge in [0.1, 0.15) is 0 Å². The molecule has 116 valence electrons. The highest BCUT2D eigenvalue weighted by Crippen LogP contribution is 2.55. The van der Waals surface area contributed by atoms with E-state index in [9.17, 15) is 0 Å². The highest BCUT2D eigenvalue weighted by atomic mass is 32.1. The second-order valence-electron chi connectivity index (χ2n) is 7.28. The Balaban J connectivity index is 1.35. The number of aromatic nitrogens is 1. The van der Waals surface area contributed by atoms with E-state index in [0.717, 1.165) is 23.4 Å². The first kappa shape index (κ1) is 14.1. The number of hydrogen-bond donors (Lipinski definition) is 2. The molecule has 0 aliphatic heterocycles. The molecular weight excluding hydrogens is 292 g/mol. The van der Waals surface area contributed by atoms with Crippen molar-refractivity contribution in [1.82, 2.24) is 15.7 Å². The Bertz CT molecular complexity index is 548. The Hall–Kier alpha value is -1.49. The van der Waals surface area contributed by atoms with E-state index in [2.05, 4.69) is 20.8 Å². The molecule has 0 radical (unpaired) electrons. The molecule has 0 unspecified atom stereocenters. The molecule has 2 N–H and O–H groups in total. The summed E-state index contributed by atoms with van der Waals surface area (Å²) in [6.45, 7) is 0. The molecule has 4 nitrogen and oxygen atoms in total. The van der Waals surface area contributed by atoms with Gasteiger partial charge in [0.15, 0.2) is 5.11 Å². The zero-order valence-electron chi connectivity index (χ0n) is 12.7. The number of pyridine rings is 1. The first-order valence-corrected chi connectivity index (χ1v) is 8.64. The van der Waals surface area contributed by atoms with E-state index >= 15 is 0 Å². The third-order valence-corrected chi connectivity index (χ3v) is 5.66. The summed E-state index contributed by atoms with van der Waals surface area (Å²) in [6.07, 6.45) is 11.6. The van der Waals surface area contributed by atoms with E-state index in [1.54, 1.807) is 12.4 Å². The SMILES string of the molecule is S=C(N/N=C/c1ccccn1)NC12CC3CC(CC(C3)C1)C2. The van der Waals surface area contributed by atoms with E-state index in [1.165, 1.54) is 38.5 Å². The summed E-state index contributed by atoms with van der Waals surface area (Å²) >= 11 is 5.45. The summed E-state index contributed by atoms with van der Waals surface area (Å²) in [5.41, 5.74) is 4.02. The van der Waals surface area contributed by atoms with E-state index in [4.69, 9.17) is 12.2 Å². The molecule has 4 fully saturated rings. The molecule has 1 aromatic rings. The molecule has 22 heavy (non-hydrogen) atoms. The van der Waals surface area contributed by atoms with Crippen LogP contribution in [0.2, 0.25) is 0 Å². The van der Waals surface area contributed by atoms with Crippen LogP contribution in [0.5, 0.6) is 0 Å². The van der Waals surface area contributed by atoms with Crippen LogP contribution in [0.1, 0.15) is 44.2 Å². The van der Waals surface area contributed by atoms with Crippen LogP contribution in [-0.2, 0) is 0 Å². The average Bonchev–Trinajstić information content (AvgIpc) is 2.46. The summed E-state index contributed by atoms with van der Waals surface area (Å²) in [6, 6.07) is 5.76. The molecule has 4 aliphatic carbocycles. The Labute approximate surface area is 136 Å². The molecule has 4 aliphatic rings. The molecule has 0 spiro atoms. The quantitative estimate of drug-likeness (QED) is 0.512. The van der Waals surface area contributed by atoms with Gasteiger partial charge in [-0.3, -0.25) is 10.4 Å². The fourth-order valence-corrected chi connectivity index (χ4v) is 5.41. The van der Waals surface area contributed by atoms with Crippen LogP contribution in [-0.4, -0.2) is 21.8 Å². The number of nitrogens with zero attached hydrogens (tertiary/aromatic N) is 2. The van der Waals surface area contributed by atoms with Crippen LogP contribution < -0.4 is 10.7 Å². The molecule has 5 heteroatoms. The van der Waals surface area contributed by atoms with Gasteiger partial charge in [-0.15, -0.1) is 0 Å². The van der Waals surface area contributed by atoms with Gasteiger partial charge in [0.05, 0.1) is 11.9 Å². The Morgan fingerprint density at radius 3 is 2.45 bits per heavy atom. The van der Waals surface area contributed by atoms with Crippen LogP contribution in [0.3, 0.4) is 0 Å². The van der Waals surface area contributed by atoms with Crippen LogP contribution in [0.4, 0.5) is 0 Å². The predicted molar refractivity (Wildman–Crippen MR) is 91.6 cm³/mol. The van der Waals surface area contributed by atoms with Gasteiger partial charge in [-0.25, -0.2) is 0 Å². The molecule has 5 rings (SSSR count). The minimum Gasteiger partial charge on any atom is -0.356 e. The summed E-state index contributed by atoms with van der Waals surface area (Å²) in [7, 11) is 0. The standard InChI is InChI=1S/C17H22N4S/c22-16(21-19-11-15-3-1-2-4-18-15)20-17-8-12-5-13(9-17)7-14(6-12)10-17/h1-4,11-14H,5-10H2,(H2,20,21,22)/b19-11+. The lowest BCUT2D eigenvalue weighted by Gasteiger charge is -2.57. The van der Waals surface area contributed by atoms with E-state index in [-0.39, 0.29) is 5.54 Å². The molecular formula is C17H22N4S. The van der Waals surface area contributed by atoms with Crippen molar-refractivity contribution in [2.75, 3.05) is 0 Å². The van der Waals surface area contributed by atoms with Crippen LogP contribution >= 0.6 is 12.2 Å². The maximum atomic E-state index is 5.45. The number of hydrogen-bond acceptors (Lipinski definition) is 3. The van der Waals surface area contributed by atoms with Crippen molar-refractivity contribution in [3.8, 4) is 0 Å². The van der Waals surface area contributed by atoms with Gasteiger partial charge in [-0.05, 0) is 80.6 Å². The Kier molecular flexibility index (Phi) is 3.60. The van der Waals surface area contributed by atoms with Gasteiger partial charge in [0.25, 0.3) is 0 Å². The summed E-state index contributed by atoms with van der Waals surface area (Å²) < 4.78 is 0. The molecule has 0 amide bonds. The second kappa shape index (κ2) is 5.61. The minimum atomic E-state index is 0.235. The number of hydrazone groups is 1. The normalized spacial score (nSPS) is 35.7. The average molecular weight is 314 g/mol. The van der Waals surface area contributed by atoms with Crippen molar-refractivity contribution in [2.45, 2.75) is 44.1 Å². The smallest absolute Gasteiger partial charge is 0.187 e. The second-order valence-corrected chi connectivity index (χ2v) is 7.68. The lowest BCUT2D eigenvalue weighted by Crippen LogP contribution is -2.61. The monoisotopic (exact) mass is 314 g/mol. The highest BCUT2D eigenvalue weighted by Gasteiger charge is 2.51.